The van der Waals surface area contributed by atoms with Crippen LogP contribution in [0.1, 0.15) is 60.0 Å². The number of methoxy groups -OCH3 is 1. The van der Waals surface area contributed by atoms with Crippen LogP contribution in [0.2, 0.25) is 0 Å². The van der Waals surface area contributed by atoms with Gasteiger partial charge in [-0.05, 0) is 25.3 Å². The number of benzene rings is 1. The Bertz CT molecular complexity index is 1100. The number of amides is 2. The first-order chi connectivity index (χ1) is 15.5. The van der Waals surface area contributed by atoms with E-state index in [4.69, 9.17) is 4.74 Å². The monoisotopic (exact) mass is 472 g/mol. The van der Waals surface area contributed by atoms with E-state index in [2.05, 4.69) is 31.0 Å². The van der Waals surface area contributed by atoms with Crippen LogP contribution in [0.15, 0.2) is 24.3 Å². The lowest BCUT2D eigenvalue weighted by Crippen LogP contribution is -2.14. The van der Waals surface area contributed by atoms with Gasteiger partial charge in [0.15, 0.2) is 0 Å². The third-order valence-corrected chi connectivity index (χ3v) is 7.33. The lowest BCUT2D eigenvalue weighted by atomic mass is 9.82. The van der Waals surface area contributed by atoms with Gasteiger partial charge in [-0.3, -0.25) is 9.59 Å². The second kappa shape index (κ2) is 10.1. The number of anilines is 2. The molecule has 4 rings (SSSR count). The Morgan fingerprint density at radius 2 is 1.62 bits per heavy atom. The molecule has 0 aliphatic heterocycles. The molecule has 0 saturated heterocycles. The molecule has 0 unspecified atom stereocenters. The predicted molar refractivity (Wildman–Crippen MR) is 123 cm³/mol. The number of hydrogen-bond acceptors (Lipinski definition) is 9. The Kier molecular flexibility index (Phi) is 7.05. The van der Waals surface area contributed by atoms with Gasteiger partial charge in [-0.1, -0.05) is 47.3 Å². The zero-order valence-electron chi connectivity index (χ0n) is 17.8. The van der Waals surface area contributed by atoms with E-state index >= 15 is 0 Å². The Morgan fingerprint density at radius 1 is 1.00 bits per heavy atom. The molecule has 32 heavy (non-hydrogen) atoms. The first-order valence-corrected chi connectivity index (χ1v) is 12.0. The van der Waals surface area contributed by atoms with Crippen molar-refractivity contribution in [3.05, 3.63) is 39.8 Å². The molecule has 1 aliphatic carbocycles. The number of carbonyl (C=O) groups excluding carboxylic acids is 2. The molecule has 1 aliphatic rings. The summed E-state index contributed by atoms with van der Waals surface area (Å²) in [5, 5.41) is 25.3. The Labute approximate surface area is 193 Å². The summed E-state index contributed by atoms with van der Waals surface area (Å²) in [6.07, 6.45) is 4.22. The fourth-order valence-corrected chi connectivity index (χ4v) is 5.72. The number of hydrogen-bond donors (Lipinski definition) is 2. The smallest absolute Gasteiger partial charge is 0.230 e. The van der Waals surface area contributed by atoms with Gasteiger partial charge in [0, 0.05) is 24.3 Å². The van der Waals surface area contributed by atoms with Gasteiger partial charge in [0.1, 0.15) is 15.8 Å². The molecule has 0 radical (unpaired) electrons. The maximum atomic E-state index is 12.5. The molecule has 11 heteroatoms. The molecule has 0 bridgehead atoms. The van der Waals surface area contributed by atoms with Crippen molar-refractivity contribution in [3.63, 3.8) is 0 Å². The maximum Gasteiger partial charge on any atom is 0.230 e. The fourth-order valence-electron chi connectivity index (χ4n) is 3.87. The van der Waals surface area contributed by atoms with E-state index in [9.17, 15) is 9.59 Å². The average molecular weight is 473 g/mol. The van der Waals surface area contributed by atoms with Crippen molar-refractivity contribution in [2.24, 2.45) is 0 Å². The van der Waals surface area contributed by atoms with Gasteiger partial charge in [-0.15, -0.1) is 20.4 Å². The van der Waals surface area contributed by atoms with E-state index in [1.54, 1.807) is 7.11 Å². The number of carbonyl (C=O) groups is 2. The lowest BCUT2D eigenvalue weighted by Gasteiger charge is -2.25. The van der Waals surface area contributed by atoms with Crippen molar-refractivity contribution in [1.82, 2.24) is 20.4 Å². The summed E-state index contributed by atoms with van der Waals surface area (Å²) in [7, 11) is 1.59. The van der Waals surface area contributed by atoms with Crippen molar-refractivity contribution in [2.75, 3.05) is 17.7 Å². The van der Waals surface area contributed by atoms with Crippen molar-refractivity contribution in [1.29, 1.82) is 0 Å². The quantitative estimate of drug-likeness (QED) is 0.534. The first kappa shape index (κ1) is 22.3. The van der Waals surface area contributed by atoms with Crippen molar-refractivity contribution in [2.45, 2.75) is 50.9 Å². The predicted octanol–water partition coefficient (Wildman–Crippen LogP) is 3.98. The molecule has 3 aromatic rings. The fraction of sp³-hybridized carbons (Fsp3) is 0.429. The van der Waals surface area contributed by atoms with Crippen LogP contribution in [-0.2, 0) is 16.0 Å². The minimum atomic E-state index is -0.155. The van der Waals surface area contributed by atoms with E-state index in [-0.39, 0.29) is 30.1 Å². The van der Waals surface area contributed by atoms with E-state index in [1.807, 2.05) is 24.3 Å². The number of nitrogens with zero attached hydrogens (tertiary/aromatic N) is 4. The second-order valence-electron chi connectivity index (χ2n) is 7.67. The average Bonchev–Trinajstić information content (AvgIpc) is 3.43. The van der Waals surface area contributed by atoms with E-state index in [0.29, 0.717) is 16.0 Å². The summed E-state index contributed by atoms with van der Waals surface area (Å²) in [6.45, 7) is 1.46. The van der Waals surface area contributed by atoms with Crippen molar-refractivity contribution in [3.8, 4) is 5.75 Å². The van der Waals surface area contributed by atoms with E-state index in [1.165, 1.54) is 29.6 Å². The highest BCUT2D eigenvalue weighted by Crippen LogP contribution is 2.43. The molecule has 2 atom stereocenters. The summed E-state index contributed by atoms with van der Waals surface area (Å²) in [5.41, 5.74) is 0.822. The zero-order valence-corrected chi connectivity index (χ0v) is 19.5. The van der Waals surface area contributed by atoms with Gasteiger partial charge in [-0.25, -0.2) is 0 Å². The highest BCUT2D eigenvalue weighted by molar-refractivity contribution is 7.15. The van der Waals surface area contributed by atoms with Crippen molar-refractivity contribution < 1.29 is 14.3 Å². The number of aromatic nitrogens is 4. The van der Waals surface area contributed by atoms with Gasteiger partial charge in [0.05, 0.1) is 13.5 Å². The molecule has 2 aromatic heterocycles. The number of rotatable bonds is 7. The van der Waals surface area contributed by atoms with Crippen LogP contribution in [0, 0.1) is 0 Å². The Balaban J connectivity index is 1.37. The van der Waals surface area contributed by atoms with Gasteiger partial charge >= 0.3 is 0 Å². The van der Waals surface area contributed by atoms with Crippen LogP contribution < -0.4 is 15.4 Å². The van der Waals surface area contributed by atoms with Crippen LogP contribution in [0.25, 0.3) is 0 Å². The highest BCUT2D eigenvalue weighted by Gasteiger charge is 2.29. The zero-order chi connectivity index (χ0) is 22.5. The largest absolute Gasteiger partial charge is 0.496 e. The SMILES string of the molecule is COc1ccccc1CC(=O)Nc1nnc([C@H]2CCC[C@H](c3nnc(NC(C)=O)s3)C2)s1. The normalized spacial score (nSPS) is 18.2. The van der Waals surface area contributed by atoms with Gasteiger partial charge in [0.25, 0.3) is 0 Å². The molecule has 0 spiro atoms. The topological polar surface area (TPSA) is 119 Å². The van der Waals surface area contributed by atoms with Crippen LogP contribution in [0.3, 0.4) is 0 Å². The molecule has 2 amide bonds. The summed E-state index contributed by atoms with van der Waals surface area (Å²) in [4.78, 5) is 23.7. The van der Waals surface area contributed by atoms with Crippen LogP contribution in [-0.4, -0.2) is 39.3 Å². The number of para-hydroxylation sites is 1. The molecule has 2 heterocycles. The van der Waals surface area contributed by atoms with Gasteiger partial charge in [-0.2, -0.15) is 0 Å². The third-order valence-electron chi connectivity index (χ3n) is 5.33. The number of nitrogens with one attached hydrogen (secondary N) is 2. The summed E-state index contributed by atoms with van der Waals surface area (Å²) < 4.78 is 5.31. The van der Waals surface area contributed by atoms with E-state index in [0.717, 1.165) is 41.3 Å². The Hall–Kier alpha value is -2.92. The van der Waals surface area contributed by atoms with E-state index < -0.39 is 0 Å². The van der Waals surface area contributed by atoms with Gasteiger partial charge in [0.2, 0.25) is 22.1 Å². The van der Waals surface area contributed by atoms with Crippen LogP contribution in [0.4, 0.5) is 10.3 Å². The lowest BCUT2D eigenvalue weighted by molar-refractivity contribution is -0.116. The molecule has 168 valence electrons. The second-order valence-corrected chi connectivity index (χ2v) is 9.69. The van der Waals surface area contributed by atoms with Crippen LogP contribution >= 0.6 is 22.7 Å². The molecule has 1 saturated carbocycles. The molecule has 2 N–H and O–H groups in total. The first-order valence-electron chi connectivity index (χ1n) is 10.4. The standard InChI is InChI=1S/C21H24N6O3S2/c1-12(28)22-20-26-24-18(31-20)14-7-5-8-15(10-14)19-25-27-21(32-19)23-17(29)11-13-6-3-4-9-16(13)30-2/h3-4,6,9,14-15H,5,7-8,10-11H2,1-2H3,(H,22,26,28)(H,23,27,29)/t14-,15-/m0/s1. The molecular formula is C21H24N6O3S2. The maximum absolute atomic E-state index is 12.5. The molecule has 1 fully saturated rings. The summed E-state index contributed by atoms with van der Waals surface area (Å²) in [6, 6.07) is 7.46. The van der Waals surface area contributed by atoms with Crippen LogP contribution in [0.5, 0.6) is 5.75 Å². The summed E-state index contributed by atoms with van der Waals surface area (Å²) in [5.74, 6) is 0.925. The summed E-state index contributed by atoms with van der Waals surface area (Å²) >= 11 is 2.85. The number of ether oxygens (including phenoxy) is 1. The molecule has 1 aromatic carbocycles. The Morgan fingerprint density at radius 3 is 2.25 bits per heavy atom. The molecular weight excluding hydrogens is 448 g/mol. The minimum absolute atomic E-state index is 0.150. The van der Waals surface area contributed by atoms with Gasteiger partial charge < -0.3 is 15.4 Å². The highest BCUT2D eigenvalue weighted by atomic mass is 32.1. The minimum Gasteiger partial charge on any atom is -0.496 e. The third kappa shape index (κ3) is 5.46. The molecule has 9 nitrogen and oxygen atoms in total. The van der Waals surface area contributed by atoms with Crippen molar-refractivity contribution >= 4 is 44.8 Å².